The number of aromatic nitrogens is 2. The molecule has 15 heavy (non-hydrogen) atoms. The Kier molecular flexibility index (Phi) is 3.01. The predicted molar refractivity (Wildman–Crippen MR) is 54.7 cm³/mol. The van der Waals surface area contributed by atoms with E-state index < -0.39 is 0 Å². The summed E-state index contributed by atoms with van der Waals surface area (Å²) in [6.07, 6.45) is 4.09. The van der Waals surface area contributed by atoms with Crippen LogP contribution in [-0.2, 0) is 4.74 Å². The molecule has 1 aromatic heterocycles. The molecule has 1 aliphatic heterocycles. The van der Waals surface area contributed by atoms with Crippen molar-refractivity contribution in [3.8, 4) is 0 Å². The second kappa shape index (κ2) is 4.44. The van der Waals surface area contributed by atoms with Crippen molar-refractivity contribution in [3.05, 3.63) is 18.0 Å². The number of carbonyl (C=O) groups excluding carboxylic acids is 1. The van der Waals surface area contributed by atoms with Gasteiger partial charge >= 0.3 is 5.97 Å². The van der Waals surface area contributed by atoms with Crippen LogP contribution < -0.4 is 5.32 Å². The number of carbonyl (C=O) groups is 1. The number of hydrogen-bond acceptors (Lipinski definition) is 4. The molecular formula is C10H15N3O2. The molecule has 1 fully saturated rings. The third-order valence-electron chi connectivity index (χ3n) is 2.65. The van der Waals surface area contributed by atoms with Crippen molar-refractivity contribution in [2.75, 3.05) is 20.2 Å². The van der Waals surface area contributed by atoms with Crippen molar-refractivity contribution in [2.24, 2.45) is 0 Å². The van der Waals surface area contributed by atoms with E-state index in [2.05, 4.69) is 15.2 Å². The number of nitrogens with one attached hydrogen (secondary N) is 1. The van der Waals surface area contributed by atoms with Crippen LogP contribution in [0.5, 0.6) is 0 Å². The van der Waals surface area contributed by atoms with E-state index in [0.29, 0.717) is 11.7 Å². The van der Waals surface area contributed by atoms with Crippen LogP contribution in [0, 0.1) is 0 Å². The number of rotatable bonds is 2. The van der Waals surface area contributed by atoms with Crippen molar-refractivity contribution in [1.29, 1.82) is 0 Å². The van der Waals surface area contributed by atoms with Gasteiger partial charge in [0, 0.05) is 12.7 Å². The highest BCUT2D eigenvalue weighted by Gasteiger charge is 2.17. The standard InChI is InChI=1S/C10H15N3O2/c1-15-10(14)9-4-6-13(12-9)8-3-2-5-11-7-8/h4,6,8,11H,2-3,5,7H2,1H3. The molecule has 2 heterocycles. The van der Waals surface area contributed by atoms with Gasteiger partial charge < -0.3 is 10.1 Å². The van der Waals surface area contributed by atoms with Crippen LogP contribution >= 0.6 is 0 Å². The van der Waals surface area contributed by atoms with Gasteiger partial charge in [-0.2, -0.15) is 5.10 Å². The lowest BCUT2D eigenvalue weighted by Crippen LogP contribution is -2.32. The maximum atomic E-state index is 11.2. The molecule has 1 saturated heterocycles. The first-order valence-corrected chi connectivity index (χ1v) is 5.15. The molecule has 1 atom stereocenters. The van der Waals surface area contributed by atoms with Crippen LogP contribution in [0.4, 0.5) is 0 Å². The Morgan fingerprint density at radius 1 is 1.73 bits per heavy atom. The van der Waals surface area contributed by atoms with E-state index in [9.17, 15) is 4.79 Å². The predicted octanol–water partition coefficient (Wildman–Crippen LogP) is 0.594. The normalized spacial score (nSPS) is 21.3. The molecule has 2 rings (SSSR count). The molecule has 0 aromatic carbocycles. The molecule has 5 nitrogen and oxygen atoms in total. The fourth-order valence-electron chi connectivity index (χ4n) is 1.81. The first-order chi connectivity index (χ1) is 7.31. The Bertz CT molecular complexity index is 342. The Morgan fingerprint density at radius 2 is 2.60 bits per heavy atom. The molecule has 82 valence electrons. The smallest absolute Gasteiger partial charge is 0.358 e. The van der Waals surface area contributed by atoms with E-state index in [1.165, 1.54) is 7.11 Å². The van der Waals surface area contributed by atoms with Crippen LogP contribution in [0.15, 0.2) is 12.3 Å². The van der Waals surface area contributed by atoms with Crippen molar-refractivity contribution in [3.63, 3.8) is 0 Å². The van der Waals surface area contributed by atoms with E-state index >= 15 is 0 Å². The number of esters is 1. The van der Waals surface area contributed by atoms with E-state index in [1.807, 2.05) is 10.9 Å². The highest BCUT2D eigenvalue weighted by atomic mass is 16.5. The molecule has 0 saturated carbocycles. The second-order valence-electron chi connectivity index (χ2n) is 3.67. The molecule has 5 heteroatoms. The molecule has 1 aliphatic rings. The summed E-state index contributed by atoms with van der Waals surface area (Å²) in [4.78, 5) is 11.2. The van der Waals surface area contributed by atoms with Gasteiger partial charge in [-0.05, 0) is 25.5 Å². The number of nitrogens with zero attached hydrogens (tertiary/aromatic N) is 2. The summed E-state index contributed by atoms with van der Waals surface area (Å²) >= 11 is 0. The van der Waals surface area contributed by atoms with Crippen LogP contribution in [0.25, 0.3) is 0 Å². The Morgan fingerprint density at radius 3 is 3.27 bits per heavy atom. The number of hydrogen-bond donors (Lipinski definition) is 1. The van der Waals surface area contributed by atoms with Crippen LogP contribution in [-0.4, -0.2) is 35.9 Å². The Labute approximate surface area is 88.4 Å². The molecule has 1 unspecified atom stereocenters. The highest BCUT2D eigenvalue weighted by molar-refractivity contribution is 5.86. The van der Waals surface area contributed by atoms with Crippen LogP contribution in [0.2, 0.25) is 0 Å². The minimum atomic E-state index is -0.377. The quantitative estimate of drug-likeness (QED) is 0.724. The van der Waals surface area contributed by atoms with Gasteiger partial charge in [-0.15, -0.1) is 0 Å². The lowest BCUT2D eigenvalue weighted by Gasteiger charge is -2.22. The maximum Gasteiger partial charge on any atom is 0.358 e. The summed E-state index contributed by atoms with van der Waals surface area (Å²) in [5.41, 5.74) is 0.378. The van der Waals surface area contributed by atoms with Gasteiger partial charge in [0.05, 0.1) is 13.2 Å². The second-order valence-corrected chi connectivity index (χ2v) is 3.67. The molecule has 0 bridgehead atoms. The van der Waals surface area contributed by atoms with E-state index in [4.69, 9.17) is 0 Å². The largest absolute Gasteiger partial charge is 0.464 e. The summed E-state index contributed by atoms with van der Waals surface area (Å²) < 4.78 is 6.45. The molecule has 1 aromatic rings. The van der Waals surface area contributed by atoms with Crippen molar-refractivity contribution in [2.45, 2.75) is 18.9 Å². The van der Waals surface area contributed by atoms with Gasteiger partial charge in [0.15, 0.2) is 5.69 Å². The van der Waals surface area contributed by atoms with E-state index in [1.54, 1.807) is 6.07 Å². The van der Waals surface area contributed by atoms with Gasteiger partial charge in [-0.1, -0.05) is 0 Å². The topological polar surface area (TPSA) is 56.1 Å². The Balaban J connectivity index is 2.08. The Hall–Kier alpha value is -1.36. The van der Waals surface area contributed by atoms with Crippen molar-refractivity contribution in [1.82, 2.24) is 15.1 Å². The SMILES string of the molecule is COC(=O)c1ccn(C2CCCNC2)n1. The van der Waals surface area contributed by atoms with Gasteiger partial charge in [0.1, 0.15) is 0 Å². The van der Waals surface area contributed by atoms with Crippen molar-refractivity contribution < 1.29 is 9.53 Å². The maximum absolute atomic E-state index is 11.2. The summed E-state index contributed by atoms with van der Waals surface area (Å²) in [6.45, 7) is 1.99. The first kappa shape index (κ1) is 10.2. The van der Waals surface area contributed by atoms with Gasteiger partial charge in [0.2, 0.25) is 0 Å². The lowest BCUT2D eigenvalue weighted by atomic mass is 10.1. The van der Waals surface area contributed by atoms with Crippen molar-refractivity contribution >= 4 is 5.97 Å². The molecule has 0 radical (unpaired) electrons. The van der Waals surface area contributed by atoms with Gasteiger partial charge in [-0.25, -0.2) is 4.79 Å². The lowest BCUT2D eigenvalue weighted by molar-refractivity contribution is 0.0592. The third kappa shape index (κ3) is 2.18. The van der Waals surface area contributed by atoms with E-state index in [-0.39, 0.29) is 5.97 Å². The fraction of sp³-hybridized carbons (Fsp3) is 0.600. The monoisotopic (exact) mass is 209 g/mol. The summed E-state index contributed by atoms with van der Waals surface area (Å²) in [6, 6.07) is 2.05. The van der Waals surface area contributed by atoms with Gasteiger partial charge in [0.25, 0.3) is 0 Å². The molecular weight excluding hydrogens is 194 g/mol. The van der Waals surface area contributed by atoms with Crippen LogP contribution in [0.1, 0.15) is 29.4 Å². The third-order valence-corrected chi connectivity index (χ3v) is 2.65. The number of piperidine rings is 1. The molecule has 0 aliphatic carbocycles. The highest BCUT2D eigenvalue weighted by Crippen LogP contribution is 2.15. The minimum absolute atomic E-state index is 0.358. The summed E-state index contributed by atoms with van der Waals surface area (Å²) in [5, 5.41) is 7.52. The summed E-state index contributed by atoms with van der Waals surface area (Å²) in [7, 11) is 1.36. The zero-order valence-corrected chi connectivity index (χ0v) is 8.77. The average molecular weight is 209 g/mol. The zero-order valence-electron chi connectivity index (χ0n) is 8.77. The first-order valence-electron chi connectivity index (χ1n) is 5.15. The molecule has 0 amide bonds. The van der Waals surface area contributed by atoms with E-state index in [0.717, 1.165) is 25.9 Å². The van der Waals surface area contributed by atoms with Crippen LogP contribution in [0.3, 0.4) is 0 Å². The zero-order chi connectivity index (χ0) is 10.7. The molecule has 0 spiro atoms. The summed E-state index contributed by atoms with van der Waals surface area (Å²) in [5.74, 6) is -0.377. The van der Waals surface area contributed by atoms with Gasteiger partial charge in [-0.3, -0.25) is 4.68 Å². The average Bonchev–Trinajstić information content (AvgIpc) is 2.78. The fourth-order valence-corrected chi connectivity index (χ4v) is 1.81. The molecule has 1 N–H and O–H groups in total. The minimum Gasteiger partial charge on any atom is -0.464 e. The number of methoxy groups -OCH3 is 1. The number of ether oxygens (including phenoxy) is 1.